The number of aliphatic hydroxyl groups excluding tert-OH is 1. The Kier molecular flexibility index (Phi) is 5.98. The predicted octanol–water partition coefficient (Wildman–Crippen LogP) is 2.94. The van der Waals surface area contributed by atoms with E-state index in [0.717, 1.165) is 6.07 Å². The minimum Gasteiger partial charge on any atom is -0.507 e. The fraction of sp³-hybridized carbons (Fsp3) is 0.217. The number of aryl methyl sites for hydroxylation is 1. The summed E-state index contributed by atoms with van der Waals surface area (Å²) in [7, 11) is 1.33. The van der Waals surface area contributed by atoms with Gasteiger partial charge in [-0.15, -0.1) is 0 Å². The molecule has 1 atom stereocenters. The first kappa shape index (κ1) is 21.2. The molecule has 1 fully saturated rings. The Morgan fingerprint density at radius 2 is 2.03 bits per heavy atom. The smallest absolute Gasteiger partial charge is 0.295 e. The molecular weight excluding hydrogens is 415 g/mol. The lowest BCUT2D eigenvalue weighted by molar-refractivity contribution is -0.139. The number of rotatable bonds is 7. The molecule has 2 aromatic heterocycles. The van der Waals surface area contributed by atoms with Crippen molar-refractivity contribution in [3.05, 3.63) is 84.0 Å². The summed E-state index contributed by atoms with van der Waals surface area (Å²) in [5.74, 6) is -2.68. The van der Waals surface area contributed by atoms with E-state index in [1.54, 1.807) is 37.1 Å². The van der Waals surface area contributed by atoms with E-state index in [0.29, 0.717) is 18.5 Å². The van der Waals surface area contributed by atoms with E-state index in [9.17, 15) is 19.1 Å². The average Bonchev–Trinajstić information content (AvgIpc) is 3.41. The fourth-order valence-corrected chi connectivity index (χ4v) is 3.81. The van der Waals surface area contributed by atoms with Gasteiger partial charge in [0.25, 0.3) is 11.7 Å². The highest BCUT2D eigenvalue weighted by atomic mass is 19.1. The highest BCUT2D eigenvalue weighted by Gasteiger charge is 2.45. The maximum absolute atomic E-state index is 14.2. The van der Waals surface area contributed by atoms with Crippen LogP contribution >= 0.6 is 0 Å². The summed E-state index contributed by atoms with van der Waals surface area (Å²) in [5.41, 5.74) is 0.550. The van der Waals surface area contributed by atoms with Crippen LogP contribution in [0.4, 0.5) is 4.39 Å². The van der Waals surface area contributed by atoms with Gasteiger partial charge in [-0.05, 0) is 36.2 Å². The Balaban J connectivity index is 1.72. The largest absolute Gasteiger partial charge is 0.507 e. The summed E-state index contributed by atoms with van der Waals surface area (Å²) < 4.78 is 21.0. The number of amides is 1. The SMILES string of the molecule is COc1ccc(C(O)=C2C(=O)C(=O)N(CCCn3ccnc3)C2c2cccnc2)cc1F. The van der Waals surface area contributed by atoms with E-state index in [-0.39, 0.29) is 23.4 Å². The number of benzene rings is 1. The molecule has 0 aliphatic carbocycles. The number of carbonyl (C=O) groups is 2. The molecule has 8 nitrogen and oxygen atoms in total. The Hall–Kier alpha value is -4.01. The van der Waals surface area contributed by atoms with Crippen molar-refractivity contribution in [3.8, 4) is 5.75 Å². The monoisotopic (exact) mass is 436 g/mol. The van der Waals surface area contributed by atoms with Crippen LogP contribution in [-0.2, 0) is 16.1 Å². The molecule has 1 unspecified atom stereocenters. The van der Waals surface area contributed by atoms with Gasteiger partial charge in [-0.3, -0.25) is 14.6 Å². The Morgan fingerprint density at radius 3 is 2.69 bits per heavy atom. The highest BCUT2D eigenvalue weighted by Crippen LogP contribution is 2.39. The number of ketones is 1. The molecule has 0 bridgehead atoms. The molecule has 3 heterocycles. The number of aromatic nitrogens is 3. The van der Waals surface area contributed by atoms with Crippen molar-refractivity contribution in [2.45, 2.75) is 19.0 Å². The molecule has 1 aliphatic heterocycles. The third-order valence-electron chi connectivity index (χ3n) is 5.34. The minimum atomic E-state index is -0.836. The first-order valence-electron chi connectivity index (χ1n) is 9.99. The fourth-order valence-electron chi connectivity index (χ4n) is 3.81. The minimum absolute atomic E-state index is 0.00492. The van der Waals surface area contributed by atoms with E-state index >= 15 is 0 Å². The van der Waals surface area contributed by atoms with E-state index in [1.807, 2.05) is 10.8 Å². The number of carbonyl (C=O) groups excluding carboxylic acids is 2. The molecule has 9 heteroatoms. The van der Waals surface area contributed by atoms with Gasteiger partial charge in [0.2, 0.25) is 0 Å². The first-order valence-corrected chi connectivity index (χ1v) is 9.99. The molecule has 1 saturated heterocycles. The number of aliphatic hydroxyl groups is 1. The van der Waals surface area contributed by atoms with E-state index in [2.05, 4.69) is 9.97 Å². The van der Waals surface area contributed by atoms with Crippen LogP contribution in [-0.4, -0.2) is 49.9 Å². The molecule has 0 saturated carbocycles. The number of methoxy groups -OCH3 is 1. The summed E-state index contributed by atoms with van der Waals surface area (Å²) in [6.07, 6.45) is 8.83. The molecule has 4 rings (SSSR count). The zero-order chi connectivity index (χ0) is 22.7. The van der Waals surface area contributed by atoms with Crippen LogP contribution in [0.3, 0.4) is 0 Å². The Bertz CT molecular complexity index is 1160. The second-order valence-corrected chi connectivity index (χ2v) is 7.28. The number of nitrogens with zero attached hydrogens (tertiary/aromatic N) is 4. The quantitative estimate of drug-likeness (QED) is 0.348. The van der Waals surface area contributed by atoms with E-state index in [1.165, 1.54) is 24.1 Å². The summed E-state index contributed by atoms with van der Waals surface area (Å²) in [4.78, 5) is 35.3. The van der Waals surface area contributed by atoms with Crippen LogP contribution in [0.25, 0.3) is 5.76 Å². The number of hydrogen-bond acceptors (Lipinski definition) is 6. The van der Waals surface area contributed by atoms with Gasteiger partial charge in [0, 0.05) is 43.4 Å². The average molecular weight is 436 g/mol. The van der Waals surface area contributed by atoms with Crippen LogP contribution in [0.1, 0.15) is 23.6 Å². The first-order chi connectivity index (χ1) is 15.5. The number of halogens is 1. The summed E-state index contributed by atoms with van der Waals surface area (Å²) >= 11 is 0. The Morgan fingerprint density at radius 1 is 1.19 bits per heavy atom. The molecule has 32 heavy (non-hydrogen) atoms. The van der Waals surface area contributed by atoms with Gasteiger partial charge >= 0.3 is 0 Å². The molecule has 164 valence electrons. The van der Waals surface area contributed by atoms with Crippen LogP contribution in [0.15, 0.2) is 67.0 Å². The van der Waals surface area contributed by atoms with Crippen molar-refractivity contribution in [1.29, 1.82) is 0 Å². The van der Waals surface area contributed by atoms with Gasteiger partial charge in [0.15, 0.2) is 11.6 Å². The van der Waals surface area contributed by atoms with Gasteiger partial charge in [-0.25, -0.2) is 9.37 Å². The zero-order valence-corrected chi connectivity index (χ0v) is 17.3. The standard InChI is InChI=1S/C23H21FN4O4/c1-32-18-6-5-15(12-17(18)24)21(29)19-20(16-4-2-7-25-13-16)28(23(31)22(19)30)10-3-9-27-11-8-26-14-27/h2,4-8,11-14,20,29H,3,9-10H2,1H3. The molecule has 1 amide bonds. The van der Waals surface area contributed by atoms with E-state index in [4.69, 9.17) is 4.74 Å². The van der Waals surface area contributed by atoms with E-state index < -0.39 is 29.3 Å². The number of ether oxygens (including phenoxy) is 1. The second-order valence-electron chi connectivity index (χ2n) is 7.28. The van der Waals surface area contributed by atoms with Gasteiger partial charge in [-0.1, -0.05) is 6.07 Å². The number of pyridine rings is 1. The normalized spacial score (nSPS) is 17.7. The molecule has 1 aromatic carbocycles. The zero-order valence-electron chi connectivity index (χ0n) is 17.3. The topological polar surface area (TPSA) is 97.6 Å². The molecule has 1 N–H and O–H groups in total. The number of likely N-dealkylation sites (tertiary alicyclic amines) is 1. The lowest BCUT2D eigenvalue weighted by Gasteiger charge is -2.25. The third kappa shape index (κ3) is 3.96. The molecule has 0 spiro atoms. The van der Waals surface area contributed by atoms with Crippen molar-refractivity contribution in [3.63, 3.8) is 0 Å². The van der Waals surface area contributed by atoms with Crippen LogP contribution < -0.4 is 4.74 Å². The van der Waals surface area contributed by atoms with Crippen molar-refractivity contribution in [2.24, 2.45) is 0 Å². The second kappa shape index (κ2) is 9.01. The summed E-state index contributed by atoms with van der Waals surface area (Å²) in [6, 6.07) is 6.44. The maximum Gasteiger partial charge on any atom is 0.295 e. The lowest BCUT2D eigenvalue weighted by atomic mass is 9.96. The van der Waals surface area contributed by atoms with Crippen LogP contribution in [0.5, 0.6) is 5.75 Å². The summed E-state index contributed by atoms with van der Waals surface area (Å²) in [6.45, 7) is 0.877. The van der Waals surface area contributed by atoms with Crippen molar-refractivity contribution < 1.29 is 23.8 Å². The molecule has 0 radical (unpaired) electrons. The third-order valence-corrected chi connectivity index (χ3v) is 5.34. The van der Waals surface area contributed by atoms with Crippen molar-refractivity contribution in [1.82, 2.24) is 19.4 Å². The van der Waals surface area contributed by atoms with Gasteiger partial charge in [0.05, 0.1) is 25.1 Å². The number of Topliss-reactive ketones (excluding diaryl/α,β-unsaturated/α-hetero) is 1. The van der Waals surface area contributed by atoms with Gasteiger partial charge in [0.1, 0.15) is 5.76 Å². The maximum atomic E-state index is 14.2. The summed E-state index contributed by atoms with van der Waals surface area (Å²) in [5, 5.41) is 11.0. The number of imidazole rings is 1. The van der Waals surface area contributed by atoms with Crippen LogP contribution in [0.2, 0.25) is 0 Å². The van der Waals surface area contributed by atoms with Crippen molar-refractivity contribution in [2.75, 3.05) is 13.7 Å². The molecule has 3 aromatic rings. The Labute approximate surface area is 183 Å². The lowest BCUT2D eigenvalue weighted by Crippen LogP contribution is -2.31. The molecular formula is C23H21FN4O4. The molecule has 1 aliphatic rings. The van der Waals surface area contributed by atoms with Gasteiger partial charge in [-0.2, -0.15) is 0 Å². The van der Waals surface area contributed by atoms with Crippen molar-refractivity contribution >= 4 is 17.4 Å². The van der Waals surface area contributed by atoms with Gasteiger partial charge < -0.3 is 19.3 Å². The number of hydrogen-bond donors (Lipinski definition) is 1. The van der Waals surface area contributed by atoms with Crippen LogP contribution in [0, 0.1) is 5.82 Å². The highest BCUT2D eigenvalue weighted by molar-refractivity contribution is 6.46. The predicted molar refractivity (Wildman–Crippen MR) is 113 cm³/mol.